The van der Waals surface area contributed by atoms with Crippen molar-refractivity contribution in [3.8, 4) is 0 Å². The molecule has 0 bridgehead atoms. The van der Waals surface area contributed by atoms with Crippen molar-refractivity contribution in [3.63, 3.8) is 0 Å². The highest BCUT2D eigenvalue weighted by molar-refractivity contribution is 6.74. The van der Waals surface area contributed by atoms with E-state index in [1.807, 2.05) is 46.4 Å². The van der Waals surface area contributed by atoms with Crippen molar-refractivity contribution in [1.82, 2.24) is 9.80 Å². The van der Waals surface area contributed by atoms with Gasteiger partial charge in [-0.2, -0.15) is 0 Å². The summed E-state index contributed by atoms with van der Waals surface area (Å²) < 4.78 is 17.7. The summed E-state index contributed by atoms with van der Waals surface area (Å²) in [4.78, 5) is 28.6. The van der Waals surface area contributed by atoms with Gasteiger partial charge in [-0.1, -0.05) is 20.8 Å². The van der Waals surface area contributed by atoms with Crippen LogP contribution in [0.4, 0.5) is 9.59 Å². The second-order valence-electron chi connectivity index (χ2n) is 12.6. The third kappa shape index (κ3) is 9.30. The first-order valence-corrected chi connectivity index (χ1v) is 14.7. The molecule has 0 unspecified atom stereocenters. The Kier molecular flexibility index (Phi) is 9.28. The summed E-state index contributed by atoms with van der Waals surface area (Å²) in [6.45, 7) is 23.5. The summed E-state index contributed by atoms with van der Waals surface area (Å²) in [5.41, 5.74) is -1.06. The molecule has 32 heavy (non-hydrogen) atoms. The van der Waals surface area contributed by atoms with Crippen molar-refractivity contribution in [2.45, 2.75) is 123 Å². The van der Waals surface area contributed by atoms with Gasteiger partial charge in [0.15, 0.2) is 8.32 Å². The summed E-state index contributed by atoms with van der Waals surface area (Å²) in [7, 11) is -0.198. The molecule has 0 N–H and O–H groups in total. The van der Waals surface area contributed by atoms with E-state index < -0.39 is 19.5 Å². The smallest absolute Gasteiger partial charge is 0.410 e. The Morgan fingerprint density at radius 3 is 1.97 bits per heavy atom. The third-order valence-electron chi connectivity index (χ3n) is 6.01. The van der Waals surface area contributed by atoms with Crippen molar-refractivity contribution in [3.05, 3.63) is 0 Å². The highest BCUT2D eigenvalue weighted by Gasteiger charge is 2.44. The molecule has 0 aromatic carbocycles. The Morgan fingerprint density at radius 2 is 1.50 bits per heavy atom. The Labute approximate surface area is 197 Å². The van der Waals surface area contributed by atoms with Crippen LogP contribution in [-0.2, 0) is 13.9 Å². The van der Waals surface area contributed by atoms with Crippen molar-refractivity contribution in [1.29, 1.82) is 0 Å². The Bertz CT molecular complexity index is 646. The second-order valence-corrected chi connectivity index (χ2v) is 17.3. The number of amides is 2. The molecule has 8 heteroatoms. The molecule has 1 fully saturated rings. The Balaban J connectivity index is 2.81. The van der Waals surface area contributed by atoms with Crippen LogP contribution in [-0.4, -0.2) is 73.8 Å². The van der Waals surface area contributed by atoms with Crippen molar-refractivity contribution in [2.75, 3.05) is 20.1 Å². The maximum absolute atomic E-state index is 12.9. The molecule has 0 aliphatic carbocycles. The lowest BCUT2D eigenvalue weighted by molar-refractivity contribution is 0.0189. The van der Waals surface area contributed by atoms with Gasteiger partial charge in [0.1, 0.15) is 11.2 Å². The van der Waals surface area contributed by atoms with E-state index in [9.17, 15) is 9.59 Å². The first-order valence-electron chi connectivity index (χ1n) is 11.8. The average molecular weight is 473 g/mol. The Hall–Kier alpha value is -1.28. The van der Waals surface area contributed by atoms with Gasteiger partial charge in [-0.25, -0.2) is 9.59 Å². The number of likely N-dealkylation sites (tertiary alicyclic amines) is 1. The number of carbonyl (C=O) groups is 2. The lowest BCUT2D eigenvalue weighted by Gasteiger charge is -2.38. The molecule has 1 saturated heterocycles. The quantitative estimate of drug-likeness (QED) is 0.441. The van der Waals surface area contributed by atoms with Crippen LogP contribution in [0.2, 0.25) is 18.1 Å². The fraction of sp³-hybridized carbons (Fsp3) is 0.917. The van der Waals surface area contributed by atoms with Gasteiger partial charge in [-0.15, -0.1) is 0 Å². The summed E-state index contributed by atoms with van der Waals surface area (Å²) >= 11 is 0. The van der Waals surface area contributed by atoms with E-state index in [4.69, 9.17) is 13.9 Å². The highest BCUT2D eigenvalue weighted by atomic mass is 28.4. The van der Waals surface area contributed by atoms with Crippen LogP contribution in [0.1, 0.15) is 81.6 Å². The van der Waals surface area contributed by atoms with Crippen LogP contribution in [0.25, 0.3) is 0 Å². The van der Waals surface area contributed by atoms with Crippen molar-refractivity contribution in [2.24, 2.45) is 0 Å². The lowest BCUT2D eigenvalue weighted by atomic mass is 10.1. The van der Waals surface area contributed by atoms with Gasteiger partial charge in [-0.3, -0.25) is 0 Å². The Morgan fingerprint density at radius 1 is 0.969 bits per heavy atom. The molecule has 1 rings (SSSR count). The fourth-order valence-corrected chi connectivity index (χ4v) is 4.72. The van der Waals surface area contributed by atoms with Gasteiger partial charge in [-0.05, 0) is 78.9 Å². The molecule has 7 nitrogen and oxygen atoms in total. The molecule has 0 radical (unpaired) electrons. The number of rotatable bonds is 6. The van der Waals surface area contributed by atoms with Crippen LogP contribution in [0.5, 0.6) is 0 Å². The van der Waals surface area contributed by atoms with Crippen LogP contribution in [0.3, 0.4) is 0 Å². The van der Waals surface area contributed by atoms with Gasteiger partial charge in [0.25, 0.3) is 0 Å². The number of ether oxygens (including phenoxy) is 2. The summed E-state index contributed by atoms with van der Waals surface area (Å²) in [6, 6.07) is 0.0339. The van der Waals surface area contributed by atoms with E-state index >= 15 is 0 Å². The number of nitrogens with zero attached hydrogens (tertiary/aromatic N) is 2. The summed E-state index contributed by atoms with van der Waals surface area (Å²) in [5, 5.41) is 0.109. The van der Waals surface area contributed by atoms with Crippen molar-refractivity contribution < 1.29 is 23.5 Å². The molecular formula is C24H48N2O5Si. The van der Waals surface area contributed by atoms with Crippen LogP contribution in [0.15, 0.2) is 0 Å². The van der Waals surface area contributed by atoms with E-state index in [0.717, 1.165) is 19.3 Å². The van der Waals surface area contributed by atoms with E-state index in [2.05, 4.69) is 33.9 Å². The van der Waals surface area contributed by atoms with Crippen molar-refractivity contribution >= 4 is 20.5 Å². The summed E-state index contributed by atoms with van der Waals surface area (Å²) in [5.74, 6) is 0. The minimum Gasteiger partial charge on any atom is -0.444 e. The average Bonchev–Trinajstić information content (AvgIpc) is 2.92. The van der Waals surface area contributed by atoms with E-state index in [1.165, 1.54) is 0 Å². The lowest BCUT2D eigenvalue weighted by Crippen LogP contribution is -2.45. The highest BCUT2D eigenvalue weighted by Crippen LogP contribution is 2.39. The molecule has 1 heterocycles. The van der Waals surface area contributed by atoms with Crippen LogP contribution < -0.4 is 0 Å². The van der Waals surface area contributed by atoms with Gasteiger partial charge < -0.3 is 23.7 Å². The van der Waals surface area contributed by atoms with Gasteiger partial charge in [0, 0.05) is 26.2 Å². The molecule has 0 aromatic heterocycles. The molecule has 1 aliphatic heterocycles. The first-order chi connectivity index (χ1) is 14.2. The van der Waals surface area contributed by atoms with Gasteiger partial charge >= 0.3 is 12.2 Å². The molecule has 0 aromatic rings. The molecule has 2 amide bonds. The van der Waals surface area contributed by atoms with Crippen LogP contribution in [0, 0.1) is 0 Å². The van der Waals surface area contributed by atoms with Gasteiger partial charge in [0.05, 0.1) is 6.10 Å². The molecule has 0 spiro atoms. The number of carbonyl (C=O) groups excluding carboxylic acids is 2. The second kappa shape index (κ2) is 10.3. The maximum Gasteiger partial charge on any atom is 0.410 e. The minimum atomic E-state index is -1.95. The molecule has 2 atom stereocenters. The van der Waals surface area contributed by atoms with E-state index in [0.29, 0.717) is 13.1 Å². The SMILES string of the molecule is CN(CCC[C@@H]1C[C@@H](O[Si](C)(C)C(C)(C)C)CN1C(=O)OC(C)(C)C)C(=O)OC(C)(C)C. The predicted molar refractivity (Wildman–Crippen MR) is 132 cm³/mol. The predicted octanol–water partition coefficient (Wildman–Crippen LogP) is 6.03. The summed E-state index contributed by atoms with van der Waals surface area (Å²) in [6.07, 6.45) is 1.74. The zero-order chi connectivity index (χ0) is 25.1. The van der Waals surface area contributed by atoms with E-state index in [1.54, 1.807) is 11.9 Å². The standard InChI is InChI=1S/C24H48N2O5Si/c1-22(2,3)29-20(27)25(10)15-13-14-18-16-19(31-32(11,12)24(7,8)9)17-26(18)21(28)30-23(4,5)6/h18-19H,13-17H2,1-12H3/t18-,19-/m1/s1. The van der Waals surface area contributed by atoms with Gasteiger partial charge in [0.2, 0.25) is 0 Å². The normalized spacial score (nSPS) is 20.3. The number of hydrogen-bond acceptors (Lipinski definition) is 5. The maximum atomic E-state index is 12.9. The van der Waals surface area contributed by atoms with E-state index in [-0.39, 0.29) is 29.4 Å². The third-order valence-corrected chi connectivity index (χ3v) is 10.5. The largest absolute Gasteiger partial charge is 0.444 e. The monoisotopic (exact) mass is 472 g/mol. The van der Waals surface area contributed by atoms with Crippen LogP contribution >= 0.6 is 0 Å². The number of hydrogen-bond donors (Lipinski definition) is 0. The fourth-order valence-electron chi connectivity index (χ4n) is 3.37. The molecular weight excluding hydrogens is 424 g/mol. The minimum absolute atomic E-state index is 0.0111. The topological polar surface area (TPSA) is 68.3 Å². The zero-order valence-electron chi connectivity index (χ0n) is 22.6. The zero-order valence-corrected chi connectivity index (χ0v) is 23.6. The first kappa shape index (κ1) is 28.7. The molecule has 188 valence electrons. The molecule has 0 saturated carbocycles. The molecule has 1 aliphatic rings.